The van der Waals surface area contributed by atoms with E-state index in [4.69, 9.17) is 16.0 Å². The number of nitrogens with one attached hydrogen (secondary N) is 1. The van der Waals surface area contributed by atoms with Gasteiger partial charge in [-0.2, -0.15) is 8.78 Å². The van der Waals surface area contributed by atoms with Gasteiger partial charge in [0.1, 0.15) is 17.3 Å². The maximum absolute atomic E-state index is 12.1. The zero-order valence-corrected chi connectivity index (χ0v) is 11.6. The van der Waals surface area contributed by atoms with Crippen molar-refractivity contribution >= 4 is 17.3 Å². The highest BCUT2D eigenvalue weighted by Crippen LogP contribution is 2.29. The molecule has 0 unspecified atom stereocenters. The fourth-order valence-corrected chi connectivity index (χ4v) is 1.92. The number of halogens is 3. The molecule has 2 rings (SSSR count). The van der Waals surface area contributed by atoms with Crippen LogP contribution < -0.4 is 10.1 Å². The van der Waals surface area contributed by atoms with Crippen LogP contribution in [0.4, 0.5) is 14.5 Å². The first-order valence-corrected chi connectivity index (χ1v) is 6.52. The third kappa shape index (κ3) is 3.87. The van der Waals surface area contributed by atoms with Crippen LogP contribution in [0.1, 0.15) is 18.4 Å². The van der Waals surface area contributed by atoms with Gasteiger partial charge in [-0.1, -0.05) is 18.5 Å². The quantitative estimate of drug-likeness (QED) is 0.839. The summed E-state index contributed by atoms with van der Waals surface area (Å²) in [5, 5.41) is 3.23. The predicted octanol–water partition coefficient (Wildman–Crippen LogP) is 4.71. The molecule has 0 aliphatic carbocycles. The van der Waals surface area contributed by atoms with E-state index in [-0.39, 0.29) is 10.8 Å². The molecule has 0 atom stereocenters. The van der Waals surface area contributed by atoms with Crippen molar-refractivity contribution in [3.63, 3.8) is 0 Å². The van der Waals surface area contributed by atoms with E-state index < -0.39 is 6.61 Å². The van der Waals surface area contributed by atoms with Gasteiger partial charge >= 0.3 is 6.61 Å². The third-order valence-electron chi connectivity index (χ3n) is 2.68. The van der Waals surface area contributed by atoms with Crippen molar-refractivity contribution in [3.8, 4) is 5.75 Å². The standard InChI is InChI=1S/C14H14ClF2NO2/c1-2-10-4-5-11(19-10)8-18-9-3-6-13(12(15)7-9)20-14(16)17/h3-7,14,18H,2,8H2,1H3. The van der Waals surface area contributed by atoms with Crippen molar-refractivity contribution in [1.82, 2.24) is 0 Å². The molecule has 1 heterocycles. The molecule has 0 aliphatic heterocycles. The third-order valence-corrected chi connectivity index (χ3v) is 2.98. The lowest BCUT2D eigenvalue weighted by Crippen LogP contribution is -2.03. The molecule has 0 aliphatic rings. The summed E-state index contributed by atoms with van der Waals surface area (Å²) in [6, 6.07) is 8.36. The lowest BCUT2D eigenvalue weighted by Gasteiger charge is -2.09. The molecule has 0 fully saturated rings. The number of alkyl halides is 2. The van der Waals surface area contributed by atoms with Crippen LogP contribution in [0.5, 0.6) is 5.75 Å². The monoisotopic (exact) mass is 301 g/mol. The Hall–Kier alpha value is -1.75. The largest absolute Gasteiger partial charge is 0.464 e. The van der Waals surface area contributed by atoms with Crippen molar-refractivity contribution in [2.75, 3.05) is 5.32 Å². The van der Waals surface area contributed by atoms with E-state index in [1.54, 1.807) is 6.07 Å². The van der Waals surface area contributed by atoms with Crippen LogP contribution in [0.2, 0.25) is 5.02 Å². The summed E-state index contributed by atoms with van der Waals surface area (Å²) in [5.41, 5.74) is 0.700. The Morgan fingerprint density at radius 3 is 2.60 bits per heavy atom. The molecule has 0 spiro atoms. The number of hydrogen-bond acceptors (Lipinski definition) is 3. The van der Waals surface area contributed by atoms with Crippen LogP contribution in [0, 0.1) is 0 Å². The van der Waals surface area contributed by atoms with Crippen LogP contribution in [-0.4, -0.2) is 6.61 Å². The van der Waals surface area contributed by atoms with Gasteiger partial charge in [0, 0.05) is 12.1 Å². The van der Waals surface area contributed by atoms with Crippen molar-refractivity contribution in [2.24, 2.45) is 0 Å². The molecule has 0 saturated heterocycles. The Labute approximate surface area is 120 Å². The van der Waals surface area contributed by atoms with Crippen LogP contribution in [0.15, 0.2) is 34.7 Å². The van der Waals surface area contributed by atoms with Gasteiger partial charge in [-0.15, -0.1) is 0 Å². The van der Waals surface area contributed by atoms with Gasteiger partial charge < -0.3 is 14.5 Å². The molecule has 1 aromatic heterocycles. The minimum Gasteiger partial charge on any atom is -0.464 e. The lowest BCUT2D eigenvalue weighted by atomic mass is 10.3. The molecule has 1 aromatic carbocycles. The SMILES string of the molecule is CCc1ccc(CNc2ccc(OC(F)F)c(Cl)c2)o1. The summed E-state index contributed by atoms with van der Waals surface area (Å²) in [7, 11) is 0. The number of benzene rings is 1. The second-order valence-electron chi connectivity index (χ2n) is 4.10. The van der Waals surface area contributed by atoms with Crippen molar-refractivity contribution in [3.05, 3.63) is 46.9 Å². The molecular formula is C14H14ClF2NO2. The van der Waals surface area contributed by atoms with Gasteiger partial charge in [0.25, 0.3) is 0 Å². The number of aryl methyl sites for hydroxylation is 1. The Morgan fingerprint density at radius 1 is 1.25 bits per heavy atom. The van der Waals surface area contributed by atoms with E-state index in [1.165, 1.54) is 12.1 Å². The molecule has 0 saturated carbocycles. The summed E-state index contributed by atoms with van der Waals surface area (Å²) < 4.78 is 34.0. The summed E-state index contributed by atoms with van der Waals surface area (Å²) in [6.45, 7) is -0.384. The van der Waals surface area contributed by atoms with Gasteiger partial charge in [0.2, 0.25) is 0 Å². The Morgan fingerprint density at radius 2 is 2.00 bits per heavy atom. The van der Waals surface area contributed by atoms with Gasteiger partial charge in [-0.3, -0.25) is 0 Å². The first-order valence-electron chi connectivity index (χ1n) is 6.14. The second kappa shape index (κ2) is 6.61. The minimum absolute atomic E-state index is 0.0431. The fraction of sp³-hybridized carbons (Fsp3) is 0.286. The lowest BCUT2D eigenvalue weighted by molar-refractivity contribution is -0.0497. The first kappa shape index (κ1) is 14.7. The van der Waals surface area contributed by atoms with Crippen LogP contribution in [0.25, 0.3) is 0 Å². The van der Waals surface area contributed by atoms with Gasteiger partial charge in [-0.05, 0) is 30.3 Å². The smallest absolute Gasteiger partial charge is 0.387 e. The summed E-state index contributed by atoms with van der Waals surface area (Å²) in [6.07, 6.45) is 0.839. The highest BCUT2D eigenvalue weighted by Gasteiger charge is 2.09. The van der Waals surface area contributed by atoms with Crippen LogP contribution >= 0.6 is 11.6 Å². The molecule has 1 N–H and O–H groups in total. The molecular weight excluding hydrogens is 288 g/mol. The Kier molecular flexibility index (Phi) is 4.84. The number of anilines is 1. The number of hydrogen-bond donors (Lipinski definition) is 1. The number of rotatable bonds is 6. The molecule has 0 bridgehead atoms. The van der Waals surface area contributed by atoms with Gasteiger partial charge in [0.05, 0.1) is 11.6 Å². The maximum Gasteiger partial charge on any atom is 0.387 e. The normalized spacial score (nSPS) is 10.8. The molecule has 108 valence electrons. The highest BCUT2D eigenvalue weighted by molar-refractivity contribution is 6.32. The minimum atomic E-state index is -2.89. The van der Waals surface area contributed by atoms with E-state index in [9.17, 15) is 8.78 Å². The van der Waals surface area contributed by atoms with E-state index in [0.717, 1.165) is 17.9 Å². The van der Waals surface area contributed by atoms with Gasteiger partial charge in [0.15, 0.2) is 0 Å². The van der Waals surface area contributed by atoms with E-state index >= 15 is 0 Å². The predicted molar refractivity (Wildman–Crippen MR) is 73.5 cm³/mol. The fourth-order valence-electron chi connectivity index (χ4n) is 1.70. The summed E-state index contributed by atoms with van der Waals surface area (Å²) >= 11 is 5.86. The van der Waals surface area contributed by atoms with Crippen LogP contribution in [-0.2, 0) is 13.0 Å². The Balaban J connectivity index is 1.97. The molecule has 20 heavy (non-hydrogen) atoms. The zero-order chi connectivity index (χ0) is 14.5. The van der Waals surface area contributed by atoms with Crippen molar-refractivity contribution in [2.45, 2.75) is 26.5 Å². The van der Waals surface area contributed by atoms with E-state index in [0.29, 0.717) is 12.2 Å². The van der Waals surface area contributed by atoms with Crippen molar-refractivity contribution in [1.29, 1.82) is 0 Å². The average molecular weight is 302 g/mol. The second-order valence-corrected chi connectivity index (χ2v) is 4.51. The van der Waals surface area contributed by atoms with Crippen LogP contribution in [0.3, 0.4) is 0 Å². The summed E-state index contributed by atoms with van der Waals surface area (Å²) in [4.78, 5) is 0. The molecule has 6 heteroatoms. The highest BCUT2D eigenvalue weighted by atomic mass is 35.5. The average Bonchev–Trinajstić information content (AvgIpc) is 2.87. The maximum atomic E-state index is 12.1. The Bertz CT molecular complexity index is 572. The molecule has 0 amide bonds. The summed E-state index contributed by atoms with van der Waals surface area (Å²) in [5.74, 6) is 1.67. The van der Waals surface area contributed by atoms with E-state index in [2.05, 4.69) is 10.1 Å². The van der Waals surface area contributed by atoms with Crippen molar-refractivity contribution < 1.29 is 17.9 Å². The number of furan rings is 1. The molecule has 2 aromatic rings. The molecule has 3 nitrogen and oxygen atoms in total. The first-order chi connectivity index (χ1) is 9.58. The van der Waals surface area contributed by atoms with Gasteiger partial charge in [-0.25, -0.2) is 0 Å². The zero-order valence-electron chi connectivity index (χ0n) is 10.8. The number of ether oxygens (including phenoxy) is 1. The van der Waals surface area contributed by atoms with E-state index in [1.807, 2.05) is 19.1 Å². The topological polar surface area (TPSA) is 34.4 Å². The molecule has 0 radical (unpaired) electrons.